The number of fused-ring (bicyclic) bond motifs is 11. The topological polar surface area (TPSA) is 38.7 Å². The van der Waals surface area contributed by atoms with Crippen molar-refractivity contribution in [2.24, 2.45) is 0 Å². The van der Waals surface area contributed by atoms with E-state index in [9.17, 15) is 0 Å². The first-order chi connectivity index (χ1) is 26.3. The minimum atomic E-state index is 0.647. The molecule has 0 radical (unpaired) electrons. The molecule has 0 aliphatic carbocycles. The standard InChI is InChI=1S/C49H29N3S/c1-2-14-30(15-3-1)47-50-48(52-49(51-47)40-25-13-27-44-46(40)39-24-10-11-26-43(39)53-44)32-17-12-16-31(28-32)41-29-42-35-20-5-4-18-33(35)34-19-6-8-22-37(34)45(42)38-23-9-7-21-36(38)41/h1-29H. The van der Waals surface area contributed by atoms with Crippen LogP contribution in [0.2, 0.25) is 0 Å². The smallest absolute Gasteiger partial charge is 0.164 e. The van der Waals surface area contributed by atoms with Gasteiger partial charge >= 0.3 is 0 Å². The van der Waals surface area contributed by atoms with Crippen molar-refractivity contribution in [1.82, 2.24) is 15.0 Å². The fourth-order valence-corrected chi connectivity index (χ4v) is 9.27. The fraction of sp³-hybridized carbons (Fsp3) is 0. The molecule has 0 bridgehead atoms. The third-order valence-electron chi connectivity index (χ3n) is 10.5. The summed E-state index contributed by atoms with van der Waals surface area (Å²) >= 11 is 1.80. The van der Waals surface area contributed by atoms with Crippen molar-refractivity contribution in [2.75, 3.05) is 0 Å². The van der Waals surface area contributed by atoms with E-state index in [4.69, 9.17) is 15.0 Å². The molecule has 0 saturated carbocycles. The second-order valence-corrected chi connectivity index (χ2v) is 14.6. The average Bonchev–Trinajstić information content (AvgIpc) is 3.62. The number of rotatable bonds is 4. The van der Waals surface area contributed by atoms with Crippen molar-refractivity contribution in [3.05, 3.63) is 176 Å². The van der Waals surface area contributed by atoms with Gasteiger partial charge in [-0.25, -0.2) is 15.0 Å². The minimum absolute atomic E-state index is 0.647. The van der Waals surface area contributed by atoms with E-state index in [1.54, 1.807) is 11.3 Å². The van der Waals surface area contributed by atoms with Crippen LogP contribution in [0.5, 0.6) is 0 Å². The summed E-state index contributed by atoms with van der Waals surface area (Å²) in [6.07, 6.45) is 0. The lowest BCUT2D eigenvalue weighted by Gasteiger charge is -2.16. The van der Waals surface area contributed by atoms with Gasteiger partial charge in [0, 0.05) is 36.9 Å². The summed E-state index contributed by atoms with van der Waals surface area (Å²) in [6.45, 7) is 0. The lowest BCUT2D eigenvalue weighted by atomic mass is 9.87. The Morgan fingerprint density at radius 1 is 0.283 bits per heavy atom. The van der Waals surface area contributed by atoms with Gasteiger partial charge in [0.1, 0.15) is 0 Å². The molecular formula is C49H29N3S. The molecule has 53 heavy (non-hydrogen) atoms. The highest BCUT2D eigenvalue weighted by molar-refractivity contribution is 7.25. The van der Waals surface area contributed by atoms with Crippen molar-refractivity contribution < 1.29 is 0 Å². The molecule has 9 aromatic carbocycles. The van der Waals surface area contributed by atoms with Crippen molar-refractivity contribution in [2.45, 2.75) is 0 Å². The second kappa shape index (κ2) is 11.9. The van der Waals surface area contributed by atoms with E-state index in [0.29, 0.717) is 17.5 Å². The Bertz CT molecular complexity index is 3240. The third-order valence-corrected chi connectivity index (χ3v) is 11.6. The van der Waals surface area contributed by atoms with Crippen LogP contribution in [-0.2, 0) is 0 Å². The molecular weight excluding hydrogens is 663 g/mol. The number of benzene rings is 9. The van der Waals surface area contributed by atoms with Gasteiger partial charge in [-0.3, -0.25) is 0 Å². The normalized spacial score (nSPS) is 11.8. The number of aromatic nitrogens is 3. The van der Waals surface area contributed by atoms with Gasteiger partial charge in [0.15, 0.2) is 17.5 Å². The summed E-state index contributed by atoms with van der Waals surface area (Å²) in [7, 11) is 0. The van der Waals surface area contributed by atoms with Crippen molar-refractivity contribution in [3.8, 4) is 45.3 Å². The number of hydrogen-bond acceptors (Lipinski definition) is 4. The molecule has 246 valence electrons. The molecule has 4 heteroatoms. The molecule has 2 aromatic heterocycles. The van der Waals surface area contributed by atoms with Gasteiger partial charge in [-0.1, -0.05) is 152 Å². The highest BCUT2D eigenvalue weighted by Gasteiger charge is 2.19. The molecule has 0 fully saturated rings. The zero-order valence-corrected chi connectivity index (χ0v) is 29.3. The molecule has 3 nitrogen and oxygen atoms in total. The minimum Gasteiger partial charge on any atom is -0.208 e. The summed E-state index contributed by atoms with van der Waals surface area (Å²) in [6, 6.07) is 62.7. The van der Waals surface area contributed by atoms with E-state index in [-0.39, 0.29) is 0 Å². The van der Waals surface area contributed by atoms with Crippen molar-refractivity contribution in [1.29, 1.82) is 0 Å². The zero-order chi connectivity index (χ0) is 34.9. The van der Waals surface area contributed by atoms with Crippen LogP contribution in [0.1, 0.15) is 0 Å². The van der Waals surface area contributed by atoms with E-state index in [0.717, 1.165) is 22.3 Å². The molecule has 0 aliphatic heterocycles. The number of hydrogen-bond donors (Lipinski definition) is 0. The Morgan fingerprint density at radius 2 is 0.792 bits per heavy atom. The summed E-state index contributed by atoms with van der Waals surface area (Å²) in [5.41, 5.74) is 5.21. The van der Waals surface area contributed by atoms with Gasteiger partial charge in [-0.05, 0) is 78.5 Å². The first kappa shape index (κ1) is 29.9. The van der Waals surface area contributed by atoms with Crippen LogP contribution in [0.3, 0.4) is 0 Å². The molecule has 11 rings (SSSR count). The van der Waals surface area contributed by atoms with Crippen LogP contribution in [0.15, 0.2) is 176 Å². The fourth-order valence-electron chi connectivity index (χ4n) is 8.13. The van der Waals surface area contributed by atoms with E-state index in [2.05, 4.69) is 158 Å². The zero-order valence-electron chi connectivity index (χ0n) is 28.5. The highest BCUT2D eigenvalue weighted by atomic mass is 32.1. The Kier molecular flexibility index (Phi) is 6.73. The maximum Gasteiger partial charge on any atom is 0.164 e. The van der Waals surface area contributed by atoms with Crippen molar-refractivity contribution in [3.63, 3.8) is 0 Å². The van der Waals surface area contributed by atoms with E-state index in [1.165, 1.54) is 68.8 Å². The van der Waals surface area contributed by atoms with Crippen LogP contribution < -0.4 is 0 Å². The van der Waals surface area contributed by atoms with Gasteiger partial charge in [0.05, 0.1) is 0 Å². The molecule has 0 N–H and O–H groups in total. The lowest BCUT2D eigenvalue weighted by molar-refractivity contribution is 1.08. The molecule has 0 amide bonds. The molecule has 0 saturated heterocycles. The monoisotopic (exact) mass is 691 g/mol. The van der Waals surface area contributed by atoms with Crippen LogP contribution in [0.25, 0.3) is 109 Å². The Morgan fingerprint density at radius 3 is 1.57 bits per heavy atom. The van der Waals surface area contributed by atoms with E-state index >= 15 is 0 Å². The number of nitrogens with zero attached hydrogens (tertiary/aromatic N) is 3. The van der Waals surface area contributed by atoms with Gasteiger partial charge in [0.25, 0.3) is 0 Å². The van der Waals surface area contributed by atoms with Gasteiger partial charge < -0.3 is 0 Å². The molecule has 0 spiro atoms. The first-order valence-corrected chi connectivity index (χ1v) is 18.7. The Hall–Kier alpha value is -6.75. The molecule has 11 aromatic rings. The summed E-state index contributed by atoms with van der Waals surface area (Å²) in [5, 5.41) is 12.5. The quantitative estimate of drug-likeness (QED) is 0.172. The van der Waals surface area contributed by atoms with Crippen LogP contribution >= 0.6 is 11.3 Å². The SMILES string of the molecule is c1ccc(-c2nc(-c3cccc(-c4cc5c6ccccc6c6ccccc6c5c5ccccc45)c3)nc(-c3cccc4sc5ccccc5c34)n2)cc1. The van der Waals surface area contributed by atoms with Gasteiger partial charge in [0.2, 0.25) is 0 Å². The van der Waals surface area contributed by atoms with Crippen molar-refractivity contribution >= 4 is 74.6 Å². The predicted octanol–water partition coefficient (Wildman–Crippen LogP) is 13.5. The van der Waals surface area contributed by atoms with E-state index < -0.39 is 0 Å². The average molecular weight is 692 g/mol. The Labute approximate surface area is 309 Å². The largest absolute Gasteiger partial charge is 0.208 e. The van der Waals surface area contributed by atoms with Crippen LogP contribution in [0, 0.1) is 0 Å². The van der Waals surface area contributed by atoms with Crippen LogP contribution in [-0.4, -0.2) is 15.0 Å². The van der Waals surface area contributed by atoms with Gasteiger partial charge in [-0.2, -0.15) is 0 Å². The predicted molar refractivity (Wildman–Crippen MR) is 224 cm³/mol. The number of thiophene rings is 1. The summed E-state index contributed by atoms with van der Waals surface area (Å²) < 4.78 is 2.47. The highest BCUT2D eigenvalue weighted by Crippen LogP contribution is 2.44. The molecule has 0 unspecified atom stereocenters. The molecule has 0 atom stereocenters. The van der Waals surface area contributed by atoms with E-state index in [1.807, 2.05) is 18.2 Å². The Balaban J connectivity index is 1.16. The van der Waals surface area contributed by atoms with Crippen LogP contribution in [0.4, 0.5) is 0 Å². The summed E-state index contributed by atoms with van der Waals surface area (Å²) in [5.74, 6) is 1.97. The molecule has 2 heterocycles. The maximum absolute atomic E-state index is 5.24. The second-order valence-electron chi connectivity index (χ2n) is 13.5. The summed E-state index contributed by atoms with van der Waals surface area (Å²) in [4.78, 5) is 15.5. The maximum atomic E-state index is 5.24. The third kappa shape index (κ3) is 4.77. The van der Waals surface area contributed by atoms with Gasteiger partial charge in [-0.15, -0.1) is 11.3 Å². The molecule has 0 aliphatic rings. The lowest BCUT2D eigenvalue weighted by Crippen LogP contribution is -2.00. The first-order valence-electron chi connectivity index (χ1n) is 17.9.